The molecule has 0 saturated carbocycles. The Hall–Kier alpha value is -0.610. The molecule has 0 saturated heterocycles. The third-order valence-electron chi connectivity index (χ3n) is 2.31. The molecule has 1 aromatic rings. The van der Waals surface area contributed by atoms with E-state index in [0.717, 1.165) is 24.0 Å². The summed E-state index contributed by atoms with van der Waals surface area (Å²) in [6.07, 6.45) is 5.14. The lowest BCUT2D eigenvalue weighted by Gasteiger charge is -2.06. The van der Waals surface area contributed by atoms with Crippen LogP contribution >= 0.6 is 15.9 Å². The van der Waals surface area contributed by atoms with Gasteiger partial charge in [0.1, 0.15) is 0 Å². The number of aromatic nitrogens is 2. The van der Waals surface area contributed by atoms with Crippen molar-refractivity contribution in [3.8, 4) is 0 Å². The van der Waals surface area contributed by atoms with E-state index < -0.39 is 0 Å². The van der Waals surface area contributed by atoms with Crippen LogP contribution in [0.3, 0.4) is 0 Å². The van der Waals surface area contributed by atoms with Gasteiger partial charge >= 0.3 is 0 Å². The van der Waals surface area contributed by atoms with E-state index in [0.29, 0.717) is 0 Å². The second-order valence-electron chi connectivity index (χ2n) is 3.44. The van der Waals surface area contributed by atoms with E-state index in [9.17, 15) is 0 Å². The molecule has 0 unspecified atom stereocenters. The van der Waals surface area contributed by atoms with Gasteiger partial charge in [0.25, 0.3) is 0 Å². The molecule has 0 aliphatic heterocycles. The fourth-order valence-electron chi connectivity index (χ4n) is 1.52. The number of nitrogens with one attached hydrogen (secondary N) is 1. The van der Waals surface area contributed by atoms with Crippen LogP contribution in [0, 0.1) is 0 Å². The van der Waals surface area contributed by atoms with Crippen LogP contribution < -0.4 is 5.32 Å². The first-order valence-corrected chi connectivity index (χ1v) is 6.03. The molecule has 1 aromatic heterocycles. The van der Waals surface area contributed by atoms with Crippen LogP contribution in [0.5, 0.6) is 0 Å². The molecule has 0 amide bonds. The molecule has 1 heterocycles. The first-order valence-electron chi connectivity index (χ1n) is 5.23. The molecule has 3 nitrogen and oxygen atoms in total. The Kier molecular flexibility index (Phi) is 5.05. The maximum absolute atomic E-state index is 4.30. The van der Waals surface area contributed by atoms with Crippen molar-refractivity contribution in [3.05, 3.63) is 22.4 Å². The average Bonchev–Trinajstić information content (AvgIpc) is 2.59. The SMILES string of the molecule is CCn1ncc(Br)c1C(C)=CCCNC. The van der Waals surface area contributed by atoms with E-state index >= 15 is 0 Å². The minimum Gasteiger partial charge on any atom is -0.319 e. The van der Waals surface area contributed by atoms with Crippen LogP contribution in [-0.4, -0.2) is 23.4 Å². The van der Waals surface area contributed by atoms with Crippen molar-refractivity contribution in [1.29, 1.82) is 0 Å². The highest BCUT2D eigenvalue weighted by atomic mass is 79.9. The van der Waals surface area contributed by atoms with Gasteiger partial charge in [-0.3, -0.25) is 4.68 Å². The van der Waals surface area contributed by atoms with Gasteiger partial charge in [-0.1, -0.05) is 6.08 Å². The highest BCUT2D eigenvalue weighted by Gasteiger charge is 2.08. The van der Waals surface area contributed by atoms with Crippen LogP contribution in [-0.2, 0) is 6.54 Å². The lowest BCUT2D eigenvalue weighted by atomic mass is 10.2. The highest BCUT2D eigenvalue weighted by Crippen LogP contribution is 2.23. The first-order chi connectivity index (χ1) is 7.20. The van der Waals surface area contributed by atoms with Gasteiger partial charge in [-0.05, 0) is 55.4 Å². The van der Waals surface area contributed by atoms with Crippen molar-refractivity contribution in [3.63, 3.8) is 0 Å². The Morgan fingerprint density at radius 3 is 3.00 bits per heavy atom. The summed E-state index contributed by atoms with van der Waals surface area (Å²) in [6.45, 7) is 6.14. The highest BCUT2D eigenvalue weighted by molar-refractivity contribution is 9.10. The van der Waals surface area contributed by atoms with Crippen molar-refractivity contribution in [1.82, 2.24) is 15.1 Å². The smallest absolute Gasteiger partial charge is 0.0778 e. The van der Waals surface area contributed by atoms with Crippen molar-refractivity contribution in [2.75, 3.05) is 13.6 Å². The predicted molar refractivity (Wildman–Crippen MR) is 67.8 cm³/mol. The van der Waals surface area contributed by atoms with Crippen LogP contribution in [0.25, 0.3) is 5.57 Å². The Morgan fingerprint density at radius 1 is 1.67 bits per heavy atom. The second-order valence-corrected chi connectivity index (χ2v) is 4.29. The summed E-state index contributed by atoms with van der Waals surface area (Å²) >= 11 is 3.53. The van der Waals surface area contributed by atoms with E-state index in [1.54, 1.807) is 0 Å². The monoisotopic (exact) mass is 271 g/mol. The molecule has 0 spiro atoms. The summed E-state index contributed by atoms with van der Waals surface area (Å²) in [5.74, 6) is 0. The molecule has 0 fully saturated rings. The molecule has 0 atom stereocenters. The van der Waals surface area contributed by atoms with Crippen LogP contribution in [0.2, 0.25) is 0 Å². The Labute approximate surface area is 99.7 Å². The summed E-state index contributed by atoms with van der Waals surface area (Å²) in [5.41, 5.74) is 2.46. The Morgan fingerprint density at radius 2 is 2.40 bits per heavy atom. The molecule has 1 N–H and O–H groups in total. The van der Waals surface area contributed by atoms with E-state index in [1.807, 2.05) is 17.9 Å². The van der Waals surface area contributed by atoms with Gasteiger partial charge in [-0.25, -0.2) is 0 Å². The third kappa shape index (κ3) is 3.18. The average molecular weight is 272 g/mol. The molecule has 1 rings (SSSR count). The number of aryl methyl sites for hydroxylation is 1. The first kappa shape index (κ1) is 12.5. The molecular formula is C11H18BrN3. The molecule has 0 radical (unpaired) electrons. The summed E-state index contributed by atoms with van der Waals surface area (Å²) < 4.78 is 3.08. The van der Waals surface area contributed by atoms with Crippen molar-refractivity contribution >= 4 is 21.5 Å². The van der Waals surface area contributed by atoms with E-state index in [4.69, 9.17) is 0 Å². The number of nitrogens with zero attached hydrogens (tertiary/aromatic N) is 2. The van der Waals surface area contributed by atoms with E-state index in [1.165, 1.54) is 11.3 Å². The molecule has 0 aliphatic carbocycles. The van der Waals surface area contributed by atoms with Gasteiger partial charge in [-0.15, -0.1) is 0 Å². The molecule has 15 heavy (non-hydrogen) atoms. The minimum absolute atomic E-state index is 0.901. The third-order valence-corrected chi connectivity index (χ3v) is 2.89. The zero-order chi connectivity index (χ0) is 11.3. The van der Waals surface area contributed by atoms with Gasteiger partial charge in [0.15, 0.2) is 0 Å². The zero-order valence-electron chi connectivity index (χ0n) is 9.55. The quantitative estimate of drug-likeness (QED) is 0.835. The Balaban J connectivity index is 2.84. The van der Waals surface area contributed by atoms with Crippen molar-refractivity contribution in [2.24, 2.45) is 0 Å². The zero-order valence-corrected chi connectivity index (χ0v) is 11.1. The lowest BCUT2D eigenvalue weighted by molar-refractivity contribution is 0.650. The molecular weight excluding hydrogens is 254 g/mol. The van der Waals surface area contributed by atoms with Crippen molar-refractivity contribution < 1.29 is 0 Å². The number of allylic oxidation sites excluding steroid dienone is 1. The molecule has 0 aromatic carbocycles. The maximum atomic E-state index is 4.30. The summed E-state index contributed by atoms with van der Waals surface area (Å²) in [7, 11) is 1.97. The Bertz CT molecular complexity index is 342. The van der Waals surface area contributed by atoms with Crippen LogP contribution in [0.15, 0.2) is 16.7 Å². The minimum atomic E-state index is 0.901. The van der Waals surface area contributed by atoms with Gasteiger partial charge in [0, 0.05) is 6.54 Å². The van der Waals surface area contributed by atoms with Crippen LogP contribution in [0.1, 0.15) is 26.0 Å². The number of rotatable bonds is 5. The maximum Gasteiger partial charge on any atom is 0.0778 e. The standard InChI is InChI=1S/C11H18BrN3/c1-4-15-11(10(12)8-14-15)9(2)6-5-7-13-3/h6,8,13H,4-5,7H2,1-3H3. The number of halogens is 1. The summed E-state index contributed by atoms with van der Waals surface area (Å²) in [4.78, 5) is 0. The topological polar surface area (TPSA) is 29.9 Å². The van der Waals surface area contributed by atoms with Crippen LogP contribution in [0.4, 0.5) is 0 Å². The molecule has 0 bridgehead atoms. The van der Waals surface area contributed by atoms with E-state index in [-0.39, 0.29) is 0 Å². The largest absolute Gasteiger partial charge is 0.319 e. The van der Waals surface area contributed by atoms with Crippen molar-refractivity contribution in [2.45, 2.75) is 26.8 Å². The van der Waals surface area contributed by atoms with Gasteiger partial charge < -0.3 is 5.32 Å². The fraction of sp³-hybridized carbons (Fsp3) is 0.545. The van der Waals surface area contributed by atoms with Gasteiger partial charge in [-0.2, -0.15) is 5.10 Å². The molecule has 84 valence electrons. The summed E-state index contributed by atoms with van der Waals surface area (Å²) in [6, 6.07) is 0. The lowest BCUT2D eigenvalue weighted by Crippen LogP contribution is -2.06. The summed E-state index contributed by atoms with van der Waals surface area (Å²) in [5, 5.41) is 7.43. The fourth-order valence-corrected chi connectivity index (χ4v) is 2.13. The van der Waals surface area contributed by atoms with Gasteiger partial charge in [0.2, 0.25) is 0 Å². The molecule has 0 aliphatic rings. The normalized spacial score (nSPS) is 12.1. The van der Waals surface area contributed by atoms with E-state index in [2.05, 4.69) is 46.3 Å². The number of hydrogen-bond donors (Lipinski definition) is 1. The predicted octanol–water partition coefficient (Wildman–Crippen LogP) is 2.68. The second kappa shape index (κ2) is 6.08. The van der Waals surface area contributed by atoms with Gasteiger partial charge in [0.05, 0.1) is 16.4 Å². The molecule has 4 heteroatoms. The number of hydrogen-bond acceptors (Lipinski definition) is 2.